The minimum Gasteiger partial charge on any atom is -0.591 e. The molecule has 0 amide bonds. The number of hydrogen-bond acceptors (Lipinski definition) is 2. The summed E-state index contributed by atoms with van der Waals surface area (Å²) in [5, 5.41) is 0. The van der Waals surface area contributed by atoms with Crippen LogP contribution in [0.15, 0.2) is 28.7 Å². The van der Waals surface area contributed by atoms with Crippen LogP contribution in [0.2, 0.25) is 0 Å². The van der Waals surface area contributed by atoms with Crippen molar-refractivity contribution in [2.75, 3.05) is 0 Å². The summed E-state index contributed by atoms with van der Waals surface area (Å²) in [6.45, 7) is 5.35. The highest BCUT2D eigenvalue weighted by molar-refractivity contribution is 7.91. The van der Waals surface area contributed by atoms with Crippen LogP contribution in [-0.4, -0.2) is 15.5 Å². The Morgan fingerprint density at radius 1 is 1.26 bits per heavy atom. The summed E-state index contributed by atoms with van der Waals surface area (Å²) < 4.78 is 52.5. The van der Waals surface area contributed by atoms with Crippen LogP contribution < -0.4 is 0 Å². The van der Waals surface area contributed by atoms with Gasteiger partial charge in [0, 0.05) is 6.42 Å². The van der Waals surface area contributed by atoms with E-state index in [-0.39, 0.29) is 6.42 Å². The maximum absolute atomic E-state index is 12.5. The lowest BCUT2D eigenvalue weighted by Gasteiger charge is -2.17. The predicted molar refractivity (Wildman–Crippen MR) is 71.5 cm³/mol. The molecule has 1 unspecified atom stereocenters. The summed E-state index contributed by atoms with van der Waals surface area (Å²) in [7, 11) is 0. The van der Waals surface area contributed by atoms with Crippen molar-refractivity contribution >= 4 is 17.6 Å². The molecule has 1 rings (SSSR count). The maximum atomic E-state index is 12.5. The summed E-state index contributed by atoms with van der Waals surface area (Å²) in [6, 6.07) is 5.04. The Morgan fingerprint density at radius 3 is 2.42 bits per heavy atom. The van der Waals surface area contributed by atoms with Gasteiger partial charge in [0.25, 0.3) is 0 Å². The van der Waals surface area contributed by atoms with Crippen LogP contribution in [0.4, 0.5) is 13.2 Å². The van der Waals surface area contributed by atoms with Crippen LogP contribution in [0.3, 0.4) is 0 Å². The van der Waals surface area contributed by atoms with Crippen molar-refractivity contribution in [1.82, 2.24) is 0 Å². The zero-order chi connectivity index (χ0) is 14.7. The third-order valence-electron chi connectivity index (χ3n) is 2.28. The Labute approximate surface area is 114 Å². The van der Waals surface area contributed by atoms with E-state index in [9.17, 15) is 17.7 Å². The van der Waals surface area contributed by atoms with E-state index >= 15 is 0 Å². The van der Waals surface area contributed by atoms with E-state index in [4.69, 9.17) is 0 Å². The van der Waals surface area contributed by atoms with Gasteiger partial charge in [0.1, 0.15) is 16.1 Å². The molecule has 1 aromatic rings. The molecule has 0 saturated heterocycles. The van der Waals surface area contributed by atoms with Gasteiger partial charge >= 0.3 is 6.18 Å². The van der Waals surface area contributed by atoms with Gasteiger partial charge in [-0.3, -0.25) is 0 Å². The molecule has 1 aromatic carbocycles. The predicted octanol–water partition coefficient (Wildman–Crippen LogP) is 3.78. The van der Waals surface area contributed by atoms with Gasteiger partial charge in [0.2, 0.25) is 0 Å². The summed E-state index contributed by atoms with van der Waals surface area (Å²) >= 11 is -1.39. The van der Waals surface area contributed by atoms with Gasteiger partial charge in [-0.2, -0.15) is 13.2 Å². The third kappa shape index (κ3) is 5.24. The first-order chi connectivity index (χ1) is 8.60. The summed E-state index contributed by atoms with van der Waals surface area (Å²) in [6.07, 6.45) is -2.72. The fourth-order valence-electron chi connectivity index (χ4n) is 1.24. The molecule has 0 aliphatic rings. The fourth-order valence-corrected chi connectivity index (χ4v) is 1.77. The van der Waals surface area contributed by atoms with E-state index < -0.39 is 27.8 Å². The first-order valence-corrected chi connectivity index (χ1v) is 6.82. The lowest BCUT2D eigenvalue weighted by atomic mass is 10.1. The second-order valence-corrected chi connectivity index (χ2v) is 6.99. The number of alkyl halides is 3. The average molecular weight is 291 g/mol. The van der Waals surface area contributed by atoms with Crippen LogP contribution in [-0.2, 0) is 24.0 Å². The highest BCUT2D eigenvalue weighted by Crippen LogP contribution is 2.29. The van der Waals surface area contributed by atoms with E-state index in [1.807, 2.05) is 0 Å². The highest BCUT2D eigenvalue weighted by Gasteiger charge is 2.30. The van der Waals surface area contributed by atoms with E-state index in [1.54, 1.807) is 26.8 Å². The Hall–Kier alpha value is -1.01. The number of hydrogen-bond donors (Lipinski definition) is 0. The first-order valence-electron chi connectivity index (χ1n) is 5.71. The topological polar surface area (TPSA) is 35.4 Å². The van der Waals surface area contributed by atoms with Crippen molar-refractivity contribution in [3.8, 4) is 0 Å². The quantitative estimate of drug-likeness (QED) is 0.616. The van der Waals surface area contributed by atoms with Crippen molar-refractivity contribution < 1.29 is 17.7 Å². The number of rotatable bonds is 3. The molecule has 0 spiro atoms. The van der Waals surface area contributed by atoms with E-state index in [2.05, 4.69) is 4.40 Å². The normalized spacial score (nSPS) is 14.9. The smallest absolute Gasteiger partial charge is 0.416 e. The number of nitrogens with zero attached hydrogens (tertiary/aromatic N) is 1. The van der Waals surface area contributed by atoms with Crippen molar-refractivity contribution in [2.45, 2.75) is 38.1 Å². The van der Waals surface area contributed by atoms with E-state index in [1.165, 1.54) is 12.3 Å². The van der Waals surface area contributed by atoms with Crippen molar-refractivity contribution in [2.24, 2.45) is 4.40 Å². The van der Waals surface area contributed by atoms with Gasteiger partial charge in [0.05, 0.1) is 11.8 Å². The zero-order valence-electron chi connectivity index (χ0n) is 11.0. The Bertz CT molecular complexity index is 452. The minimum atomic E-state index is -4.35. The maximum Gasteiger partial charge on any atom is 0.416 e. The first kappa shape index (κ1) is 16.0. The molecule has 0 saturated carbocycles. The van der Waals surface area contributed by atoms with Crippen LogP contribution in [0, 0.1) is 0 Å². The van der Waals surface area contributed by atoms with E-state index in [0.717, 1.165) is 12.1 Å². The van der Waals surface area contributed by atoms with Gasteiger partial charge in [-0.15, -0.1) is 0 Å². The summed E-state index contributed by atoms with van der Waals surface area (Å²) in [5.41, 5.74) is -0.195. The van der Waals surface area contributed by atoms with Crippen LogP contribution in [0.1, 0.15) is 31.9 Å². The molecule has 6 heteroatoms. The molecule has 0 aromatic heterocycles. The SMILES string of the molecule is CC(C)(C)[S+]([O-])N=CCc1cccc(C(F)(F)F)c1. The van der Waals surface area contributed by atoms with Crippen molar-refractivity contribution in [1.29, 1.82) is 0 Å². The molecule has 106 valence electrons. The van der Waals surface area contributed by atoms with Crippen LogP contribution >= 0.6 is 0 Å². The molecule has 0 aliphatic carbocycles. The second kappa shape index (κ2) is 5.96. The van der Waals surface area contributed by atoms with Crippen LogP contribution in [0.5, 0.6) is 0 Å². The second-order valence-electron chi connectivity index (χ2n) is 5.05. The molecule has 0 aliphatic heterocycles. The lowest BCUT2D eigenvalue weighted by Crippen LogP contribution is -2.25. The molecule has 0 fully saturated rings. The summed E-state index contributed by atoms with van der Waals surface area (Å²) in [5.74, 6) is 0. The van der Waals surface area contributed by atoms with E-state index in [0.29, 0.717) is 5.56 Å². The standard InChI is InChI=1S/C13H16F3NOS/c1-12(2,3)19(18)17-8-7-10-5-4-6-11(9-10)13(14,15)16/h4-6,8-9H,7H2,1-3H3. The molecule has 2 nitrogen and oxygen atoms in total. The van der Waals surface area contributed by atoms with Gasteiger partial charge in [-0.25, -0.2) is 0 Å². The molecular formula is C13H16F3NOS. The minimum absolute atomic E-state index is 0.228. The van der Waals surface area contributed by atoms with Gasteiger partial charge in [-0.1, -0.05) is 22.6 Å². The van der Waals surface area contributed by atoms with Gasteiger partial charge in [-0.05, 0) is 32.4 Å². The Balaban J connectivity index is 2.72. The summed E-state index contributed by atoms with van der Waals surface area (Å²) in [4.78, 5) is 0. The fraction of sp³-hybridized carbons (Fsp3) is 0.462. The number of benzene rings is 1. The molecule has 0 bridgehead atoms. The van der Waals surface area contributed by atoms with Gasteiger partial charge < -0.3 is 4.55 Å². The molecular weight excluding hydrogens is 275 g/mol. The molecule has 19 heavy (non-hydrogen) atoms. The van der Waals surface area contributed by atoms with Crippen molar-refractivity contribution in [3.05, 3.63) is 35.4 Å². The Kier molecular flexibility index (Phi) is 5.04. The van der Waals surface area contributed by atoms with Crippen molar-refractivity contribution in [3.63, 3.8) is 0 Å². The molecule has 1 atom stereocenters. The van der Waals surface area contributed by atoms with Gasteiger partial charge in [0.15, 0.2) is 0 Å². The zero-order valence-corrected chi connectivity index (χ0v) is 11.8. The molecule has 0 heterocycles. The van der Waals surface area contributed by atoms with Crippen LogP contribution in [0.25, 0.3) is 0 Å². The lowest BCUT2D eigenvalue weighted by molar-refractivity contribution is -0.137. The highest BCUT2D eigenvalue weighted by atomic mass is 32.2. The Morgan fingerprint density at radius 2 is 1.89 bits per heavy atom. The average Bonchev–Trinajstić information content (AvgIpc) is 2.27. The number of halogens is 3. The monoisotopic (exact) mass is 291 g/mol. The molecule has 0 radical (unpaired) electrons. The third-order valence-corrected chi connectivity index (χ3v) is 3.66. The molecule has 0 N–H and O–H groups in total. The largest absolute Gasteiger partial charge is 0.591 e.